The van der Waals surface area contributed by atoms with E-state index in [0.717, 1.165) is 27.6 Å². The van der Waals surface area contributed by atoms with Crippen LogP contribution >= 0.6 is 11.6 Å². The minimum Gasteiger partial charge on any atom is -0.439 e. The van der Waals surface area contributed by atoms with Crippen molar-refractivity contribution in [2.45, 2.75) is 33.6 Å². The molecule has 0 unspecified atom stereocenters. The van der Waals surface area contributed by atoms with Crippen LogP contribution < -0.4 is 16.0 Å². The van der Waals surface area contributed by atoms with Crippen molar-refractivity contribution in [3.8, 4) is 11.6 Å². The van der Waals surface area contributed by atoms with E-state index in [9.17, 15) is 0 Å². The maximum Gasteiger partial charge on any atom is 0.240 e. The van der Waals surface area contributed by atoms with Crippen LogP contribution in [0.15, 0.2) is 18.2 Å². The third kappa shape index (κ3) is 3.62. The first-order valence-electron chi connectivity index (χ1n) is 6.71. The molecule has 2 rings (SSSR count). The van der Waals surface area contributed by atoms with E-state index in [1.165, 1.54) is 0 Å². The number of aryl methyl sites for hydroxylation is 2. The number of anilines is 1. The Labute approximate surface area is 129 Å². The molecule has 0 bridgehead atoms. The van der Waals surface area contributed by atoms with Gasteiger partial charge < -0.3 is 4.74 Å². The van der Waals surface area contributed by atoms with Gasteiger partial charge in [-0.3, -0.25) is 5.43 Å². The third-order valence-electron chi connectivity index (χ3n) is 3.09. The minimum atomic E-state index is 0.314. The van der Waals surface area contributed by atoms with Crippen LogP contribution in [0.2, 0.25) is 5.02 Å². The maximum absolute atomic E-state index is 6.26. The van der Waals surface area contributed by atoms with Gasteiger partial charge in [0.25, 0.3) is 0 Å². The van der Waals surface area contributed by atoms with Crippen LogP contribution in [0.1, 0.15) is 36.6 Å². The molecule has 0 aliphatic rings. The van der Waals surface area contributed by atoms with Gasteiger partial charge in [0.05, 0.1) is 0 Å². The molecule has 1 heterocycles. The van der Waals surface area contributed by atoms with E-state index in [1.807, 2.05) is 26.0 Å². The lowest BCUT2D eigenvalue weighted by atomic mass is 10.0. The van der Waals surface area contributed by atoms with Gasteiger partial charge in [-0.15, -0.1) is 0 Å². The highest BCUT2D eigenvalue weighted by Crippen LogP contribution is 2.33. The van der Waals surface area contributed by atoms with Crippen molar-refractivity contribution in [2.75, 3.05) is 5.43 Å². The molecule has 2 aromatic rings. The van der Waals surface area contributed by atoms with Crippen molar-refractivity contribution in [1.29, 1.82) is 0 Å². The second-order valence-corrected chi connectivity index (χ2v) is 5.62. The molecule has 0 fully saturated rings. The fourth-order valence-electron chi connectivity index (χ4n) is 1.99. The number of aromatic nitrogens is 2. The Balaban J connectivity index is 2.39. The van der Waals surface area contributed by atoms with Gasteiger partial charge in [0.2, 0.25) is 11.8 Å². The summed E-state index contributed by atoms with van der Waals surface area (Å²) in [7, 11) is 0. The zero-order chi connectivity index (χ0) is 15.6. The van der Waals surface area contributed by atoms with E-state index >= 15 is 0 Å². The molecule has 3 N–H and O–H groups in total. The predicted octanol–water partition coefficient (Wildman–Crippen LogP) is 3.95. The molecule has 0 radical (unpaired) electrons. The number of hydrazine groups is 1. The van der Waals surface area contributed by atoms with Crippen LogP contribution in [0.5, 0.6) is 11.6 Å². The largest absolute Gasteiger partial charge is 0.439 e. The van der Waals surface area contributed by atoms with Crippen LogP contribution in [0.3, 0.4) is 0 Å². The lowest BCUT2D eigenvalue weighted by Gasteiger charge is -2.14. The number of nitrogen functional groups attached to an aromatic ring is 1. The van der Waals surface area contributed by atoms with Crippen molar-refractivity contribution in [2.24, 2.45) is 5.84 Å². The molecule has 0 spiro atoms. The van der Waals surface area contributed by atoms with Crippen molar-refractivity contribution in [1.82, 2.24) is 9.97 Å². The fourth-order valence-corrected chi connectivity index (χ4v) is 2.43. The number of nitrogens with two attached hydrogens (primary N) is 1. The highest BCUT2D eigenvalue weighted by Gasteiger charge is 2.12. The quantitative estimate of drug-likeness (QED) is 0.661. The van der Waals surface area contributed by atoms with Crippen LogP contribution in [0.25, 0.3) is 0 Å². The average molecular weight is 307 g/mol. The lowest BCUT2D eigenvalue weighted by molar-refractivity contribution is 0.457. The van der Waals surface area contributed by atoms with Crippen molar-refractivity contribution >= 4 is 17.5 Å². The maximum atomic E-state index is 6.26. The minimum absolute atomic E-state index is 0.314. The van der Waals surface area contributed by atoms with Gasteiger partial charge in [-0.2, -0.15) is 4.98 Å². The summed E-state index contributed by atoms with van der Waals surface area (Å²) < 4.78 is 5.87. The Morgan fingerprint density at radius 1 is 1.19 bits per heavy atom. The number of hydrogen-bond acceptors (Lipinski definition) is 5. The second kappa shape index (κ2) is 6.28. The number of ether oxygens (including phenoxy) is 1. The SMILES string of the molecule is Cc1cc(Oc2cc(C(C)C)c(Cl)cc2C)nc(NN)n1. The highest BCUT2D eigenvalue weighted by atomic mass is 35.5. The summed E-state index contributed by atoms with van der Waals surface area (Å²) in [4.78, 5) is 8.31. The second-order valence-electron chi connectivity index (χ2n) is 5.21. The number of nitrogens with zero attached hydrogens (tertiary/aromatic N) is 2. The third-order valence-corrected chi connectivity index (χ3v) is 3.42. The highest BCUT2D eigenvalue weighted by molar-refractivity contribution is 6.31. The molecule has 6 heteroatoms. The van der Waals surface area contributed by atoms with Crippen molar-refractivity contribution in [3.63, 3.8) is 0 Å². The zero-order valence-electron chi connectivity index (χ0n) is 12.6. The van der Waals surface area contributed by atoms with E-state index in [2.05, 4.69) is 29.2 Å². The van der Waals surface area contributed by atoms with Gasteiger partial charge in [-0.25, -0.2) is 10.8 Å². The van der Waals surface area contributed by atoms with Gasteiger partial charge in [-0.05, 0) is 43.0 Å². The summed E-state index contributed by atoms with van der Waals surface area (Å²) in [6, 6.07) is 5.61. The first-order chi connectivity index (χ1) is 9.90. The molecular formula is C15H19ClN4O. The number of hydrogen-bond donors (Lipinski definition) is 2. The van der Waals surface area contributed by atoms with Gasteiger partial charge in [0.15, 0.2) is 0 Å². The molecule has 0 saturated carbocycles. The first-order valence-corrected chi connectivity index (χ1v) is 7.08. The summed E-state index contributed by atoms with van der Waals surface area (Å²) in [6.07, 6.45) is 0. The summed E-state index contributed by atoms with van der Waals surface area (Å²) in [5, 5.41) is 0.748. The van der Waals surface area contributed by atoms with E-state index in [4.69, 9.17) is 22.2 Å². The monoisotopic (exact) mass is 306 g/mol. The molecule has 0 aliphatic carbocycles. The number of benzene rings is 1. The molecule has 0 aliphatic heterocycles. The topological polar surface area (TPSA) is 73.1 Å². The van der Waals surface area contributed by atoms with Crippen LogP contribution in [0, 0.1) is 13.8 Å². The number of rotatable bonds is 4. The Morgan fingerprint density at radius 2 is 1.90 bits per heavy atom. The molecule has 0 saturated heterocycles. The standard InChI is InChI=1S/C15H19ClN4O/c1-8(2)11-7-13(9(3)5-12(11)16)21-14-6-10(4)18-15(19-14)20-17/h5-8H,17H2,1-4H3,(H,18,19,20). The zero-order valence-corrected chi connectivity index (χ0v) is 13.3. The smallest absolute Gasteiger partial charge is 0.240 e. The Kier molecular flexibility index (Phi) is 4.65. The Morgan fingerprint density at radius 3 is 2.52 bits per heavy atom. The molecule has 112 valence electrons. The first kappa shape index (κ1) is 15.5. The molecule has 1 aromatic carbocycles. The average Bonchev–Trinajstić information content (AvgIpc) is 2.40. The molecule has 1 aromatic heterocycles. The van der Waals surface area contributed by atoms with Crippen LogP contribution in [0.4, 0.5) is 5.95 Å². The molecule has 5 nitrogen and oxygen atoms in total. The number of nitrogens with one attached hydrogen (secondary N) is 1. The summed E-state index contributed by atoms with van der Waals surface area (Å²) in [6.45, 7) is 7.97. The van der Waals surface area contributed by atoms with E-state index in [-0.39, 0.29) is 0 Å². The van der Waals surface area contributed by atoms with Crippen LogP contribution in [-0.4, -0.2) is 9.97 Å². The Bertz CT molecular complexity index is 658. The lowest BCUT2D eigenvalue weighted by Crippen LogP contribution is -2.11. The predicted molar refractivity (Wildman–Crippen MR) is 84.9 cm³/mol. The summed E-state index contributed by atoms with van der Waals surface area (Å²) in [5.74, 6) is 7.15. The number of halogens is 1. The molecule has 0 amide bonds. The summed E-state index contributed by atoms with van der Waals surface area (Å²) >= 11 is 6.26. The van der Waals surface area contributed by atoms with Crippen molar-refractivity contribution < 1.29 is 4.74 Å². The van der Waals surface area contributed by atoms with E-state index in [0.29, 0.717) is 17.7 Å². The molecule has 21 heavy (non-hydrogen) atoms. The van der Waals surface area contributed by atoms with E-state index in [1.54, 1.807) is 6.07 Å². The van der Waals surface area contributed by atoms with Crippen LogP contribution in [-0.2, 0) is 0 Å². The van der Waals surface area contributed by atoms with Crippen molar-refractivity contribution in [3.05, 3.63) is 40.0 Å². The van der Waals surface area contributed by atoms with Gasteiger partial charge in [-0.1, -0.05) is 25.4 Å². The fraction of sp³-hybridized carbons (Fsp3) is 0.333. The summed E-state index contributed by atoms with van der Waals surface area (Å²) in [5.41, 5.74) is 5.18. The molecular weight excluding hydrogens is 288 g/mol. The normalized spacial score (nSPS) is 10.8. The Hall–Kier alpha value is -1.85. The van der Waals surface area contributed by atoms with E-state index < -0.39 is 0 Å². The molecule has 0 atom stereocenters. The van der Waals surface area contributed by atoms with Gasteiger partial charge in [0, 0.05) is 16.8 Å². The van der Waals surface area contributed by atoms with Gasteiger partial charge in [0.1, 0.15) is 5.75 Å². The van der Waals surface area contributed by atoms with Gasteiger partial charge >= 0.3 is 0 Å².